The van der Waals surface area contributed by atoms with Crippen molar-refractivity contribution in [2.75, 3.05) is 0 Å². The van der Waals surface area contributed by atoms with E-state index in [1.165, 1.54) is 0 Å². The molecule has 1 amide bonds. The Morgan fingerprint density at radius 1 is 1.15 bits per heavy atom. The van der Waals surface area contributed by atoms with Crippen LogP contribution in [0.2, 0.25) is 0 Å². The van der Waals surface area contributed by atoms with Gasteiger partial charge < -0.3 is 15.0 Å². The number of rotatable bonds is 8. The summed E-state index contributed by atoms with van der Waals surface area (Å²) in [5.41, 5.74) is 7.29. The van der Waals surface area contributed by atoms with Crippen molar-refractivity contribution in [1.29, 1.82) is 0 Å². The van der Waals surface area contributed by atoms with Crippen LogP contribution in [0.5, 0.6) is 5.75 Å². The molecule has 0 aliphatic rings. The van der Waals surface area contributed by atoms with Crippen LogP contribution in [-0.2, 0) is 17.9 Å². The number of carbonyl (C=O) groups is 1. The molecule has 0 bridgehead atoms. The van der Waals surface area contributed by atoms with Crippen molar-refractivity contribution >= 4 is 5.91 Å². The van der Waals surface area contributed by atoms with Gasteiger partial charge in [-0.1, -0.05) is 35.5 Å². The molecule has 6 heteroatoms. The number of benzene rings is 2. The summed E-state index contributed by atoms with van der Waals surface area (Å²) in [4.78, 5) is 11.3. The van der Waals surface area contributed by atoms with E-state index in [2.05, 4.69) is 10.5 Å². The summed E-state index contributed by atoms with van der Waals surface area (Å²) in [7, 11) is 0. The number of primary amides is 1. The Bertz CT molecular complexity index is 887. The molecule has 27 heavy (non-hydrogen) atoms. The Morgan fingerprint density at radius 2 is 1.85 bits per heavy atom. The molecule has 0 saturated carbocycles. The third-order valence-corrected chi connectivity index (χ3v) is 4.28. The summed E-state index contributed by atoms with van der Waals surface area (Å²) in [5, 5.41) is 7.14. The molecule has 3 aromatic rings. The summed E-state index contributed by atoms with van der Waals surface area (Å²) < 4.78 is 11.1. The van der Waals surface area contributed by atoms with Gasteiger partial charge in [-0.3, -0.25) is 10.1 Å². The number of carbonyl (C=O) groups excluding carboxylic acids is 1. The van der Waals surface area contributed by atoms with Crippen molar-refractivity contribution in [2.45, 2.75) is 32.5 Å². The summed E-state index contributed by atoms with van der Waals surface area (Å²) in [6, 6.07) is 19.5. The Hall–Kier alpha value is -3.12. The number of hydrogen-bond donors (Lipinski definition) is 2. The molecule has 0 spiro atoms. The highest BCUT2D eigenvalue weighted by Gasteiger charge is 2.24. The first-order valence-corrected chi connectivity index (χ1v) is 8.72. The molecule has 3 N–H and O–H groups in total. The highest BCUT2D eigenvalue weighted by Crippen LogP contribution is 2.23. The zero-order chi connectivity index (χ0) is 19.3. The quantitative estimate of drug-likeness (QED) is 0.639. The van der Waals surface area contributed by atoms with Crippen molar-refractivity contribution < 1.29 is 14.1 Å². The van der Waals surface area contributed by atoms with Gasteiger partial charge in [-0.15, -0.1) is 0 Å². The minimum atomic E-state index is -0.815. The average molecular weight is 365 g/mol. The van der Waals surface area contributed by atoms with Gasteiger partial charge in [0, 0.05) is 11.6 Å². The van der Waals surface area contributed by atoms with Crippen molar-refractivity contribution in [3.8, 4) is 17.0 Å². The van der Waals surface area contributed by atoms with Crippen LogP contribution in [0.3, 0.4) is 0 Å². The minimum absolute atomic E-state index is 0.362. The molecule has 1 heterocycles. The highest BCUT2D eigenvalue weighted by atomic mass is 16.5. The Balaban J connectivity index is 1.59. The predicted molar refractivity (Wildman–Crippen MR) is 103 cm³/mol. The Labute approximate surface area is 158 Å². The molecule has 0 saturated heterocycles. The standard InChI is InChI=1S/C21H23N3O3/c1-21(2,20(22)25)23-13-18-12-19(24-27-18)16-8-10-17(11-9-16)26-14-15-6-4-3-5-7-15/h3-12,23H,13-14H2,1-2H3,(H2,22,25). The second-order valence-corrected chi connectivity index (χ2v) is 6.82. The predicted octanol–water partition coefficient (Wildman–Crippen LogP) is 3.27. The molecule has 0 fully saturated rings. The van der Waals surface area contributed by atoms with E-state index in [9.17, 15) is 4.79 Å². The zero-order valence-electron chi connectivity index (χ0n) is 15.4. The van der Waals surface area contributed by atoms with Gasteiger partial charge in [0.05, 0.1) is 12.1 Å². The molecule has 0 aliphatic heterocycles. The van der Waals surface area contributed by atoms with Crippen LogP contribution < -0.4 is 15.8 Å². The number of nitrogens with zero attached hydrogens (tertiary/aromatic N) is 1. The van der Waals surface area contributed by atoms with Gasteiger partial charge in [0.2, 0.25) is 5.91 Å². The molecule has 3 rings (SSSR count). The zero-order valence-corrected chi connectivity index (χ0v) is 15.4. The van der Waals surface area contributed by atoms with Crippen LogP contribution in [0.25, 0.3) is 11.3 Å². The first kappa shape index (κ1) is 18.7. The van der Waals surface area contributed by atoms with Crippen LogP contribution in [0.4, 0.5) is 0 Å². The van der Waals surface area contributed by atoms with E-state index in [0.717, 1.165) is 22.6 Å². The van der Waals surface area contributed by atoms with E-state index >= 15 is 0 Å². The molecule has 0 unspecified atom stereocenters. The van der Waals surface area contributed by atoms with Gasteiger partial charge in [0.1, 0.15) is 18.1 Å². The molecule has 0 radical (unpaired) electrons. The second-order valence-electron chi connectivity index (χ2n) is 6.82. The maximum absolute atomic E-state index is 11.3. The van der Waals surface area contributed by atoms with E-state index in [4.69, 9.17) is 15.0 Å². The first-order chi connectivity index (χ1) is 12.9. The van der Waals surface area contributed by atoms with E-state index in [0.29, 0.717) is 18.9 Å². The normalized spacial score (nSPS) is 11.3. The number of amides is 1. The van der Waals surface area contributed by atoms with Crippen molar-refractivity contribution in [3.63, 3.8) is 0 Å². The highest BCUT2D eigenvalue weighted by molar-refractivity contribution is 5.83. The Morgan fingerprint density at radius 3 is 2.52 bits per heavy atom. The maximum atomic E-state index is 11.3. The van der Waals surface area contributed by atoms with E-state index in [1.54, 1.807) is 13.8 Å². The smallest absolute Gasteiger partial charge is 0.237 e. The van der Waals surface area contributed by atoms with Gasteiger partial charge in [-0.2, -0.15) is 0 Å². The lowest BCUT2D eigenvalue weighted by atomic mass is 10.1. The number of aromatic nitrogens is 1. The van der Waals surface area contributed by atoms with Crippen molar-refractivity contribution in [3.05, 3.63) is 72.0 Å². The van der Waals surface area contributed by atoms with Gasteiger partial charge in [0.25, 0.3) is 0 Å². The van der Waals surface area contributed by atoms with Crippen LogP contribution >= 0.6 is 0 Å². The molecule has 140 valence electrons. The lowest BCUT2D eigenvalue weighted by molar-refractivity contribution is -0.123. The SMILES string of the molecule is CC(C)(NCc1cc(-c2ccc(OCc3ccccc3)cc2)no1)C(N)=O. The van der Waals surface area contributed by atoms with Crippen LogP contribution in [-0.4, -0.2) is 16.6 Å². The van der Waals surface area contributed by atoms with Gasteiger partial charge in [-0.25, -0.2) is 0 Å². The third-order valence-electron chi connectivity index (χ3n) is 4.28. The fraction of sp³-hybridized carbons (Fsp3) is 0.238. The average Bonchev–Trinajstić information content (AvgIpc) is 3.15. The summed E-state index contributed by atoms with van der Waals surface area (Å²) in [6.07, 6.45) is 0. The summed E-state index contributed by atoms with van der Waals surface area (Å²) >= 11 is 0. The van der Waals surface area contributed by atoms with Crippen LogP contribution in [0.15, 0.2) is 65.2 Å². The molecule has 6 nitrogen and oxygen atoms in total. The monoisotopic (exact) mass is 365 g/mol. The molecule has 0 aliphatic carbocycles. The topological polar surface area (TPSA) is 90.4 Å². The number of nitrogens with one attached hydrogen (secondary N) is 1. The van der Waals surface area contributed by atoms with Crippen LogP contribution in [0, 0.1) is 0 Å². The van der Waals surface area contributed by atoms with Gasteiger partial charge in [-0.05, 0) is 43.7 Å². The number of nitrogens with two attached hydrogens (primary N) is 1. The molecular weight excluding hydrogens is 342 g/mol. The fourth-order valence-electron chi connectivity index (χ4n) is 2.39. The molecule has 1 aromatic heterocycles. The molecular formula is C21H23N3O3. The largest absolute Gasteiger partial charge is 0.489 e. The summed E-state index contributed by atoms with van der Waals surface area (Å²) in [6.45, 7) is 4.33. The van der Waals surface area contributed by atoms with E-state index in [1.807, 2.05) is 60.7 Å². The maximum Gasteiger partial charge on any atom is 0.237 e. The Kier molecular flexibility index (Phi) is 5.57. The van der Waals surface area contributed by atoms with Crippen molar-refractivity contribution in [2.24, 2.45) is 5.73 Å². The van der Waals surface area contributed by atoms with Gasteiger partial charge >= 0.3 is 0 Å². The number of hydrogen-bond acceptors (Lipinski definition) is 5. The first-order valence-electron chi connectivity index (χ1n) is 8.72. The third kappa shape index (κ3) is 4.95. The fourth-order valence-corrected chi connectivity index (χ4v) is 2.39. The van der Waals surface area contributed by atoms with Crippen LogP contribution in [0.1, 0.15) is 25.2 Å². The minimum Gasteiger partial charge on any atom is -0.489 e. The van der Waals surface area contributed by atoms with Gasteiger partial charge in [0.15, 0.2) is 5.76 Å². The molecule has 2 aromatic carbocycles. The van der Waals surface area contributed by atoms with Crippen molar-refractivity contribution in [1.82, 2.24) is 10.5 Å². The number of ether oxygens (including phenoxy) is 1. The lowest BCUT2D eigenvalue weighted by Gasteiger charge is -2.21. The second kappa shape index (κ2) is 8.05. The van der Waals surface area contributed by atoms with E-state index in [-0.39, 0.29) is 0 Å². The molecule has 0 atom stereocenters. The summed E-state index contributed by atoms with van der Waals surface area (Å²) in [5.74, 6) is 0.994. The lowest BCUT2D eigenvalue weighted by Crippen LogP contribution is -2.50. The van der Waals surface area contributed by atoms with E-state index < -0.39 is 11.4 Å².